The van der Waals surface area contributed by atoms with Gasteiger partial charge in [-0.3, -0.25) is 0 Å². The first-order valence-corrected chi connectivity index (χ1v) is 5.75. The van der Waals surface area contributed by atoms with Gasteiger partial charge in [-0.1, -0.05) is 27.2 Å². The van der Waals surface area contributed by atoms with Crippen molar-refractivity contribution in [2.24, 2.45) is 11.3 Å². The van der Waals surface area contributed by atoms with Crippen LogP contribution in [-0.4, -0.2) is 25.9 Å². The summed E-state index contributed by atoms with van der Waals surface area (Å²) in [5.41, 5.74) is 0.579. The SMILES string of the molecule is BN1CCC(C(C)(C)CCC)CC1. The highest BCUT2D eigenvalue weighted by molar-refractivity contribution is 6.04. The Bertz CT molecular complexity index is 148. The molecular formula is C11H24BN. The highest BCUT2D eigenvalue weighted by atomic mass is 15.0. The van der Waals surface area contributed by atoms with E-state index in [1.165, 1.54) is 38.8 Å². The van der Waals surface area contributed by atoms with Crippen molar-refractivity contribution < 1.29 is 0 Å². The summed E-state index contributed by atoms with van der Waals surface area (Å²) in [5, 5.41) is 0. The molecule has 0 radical (unpaired) electrons. The molecule has 0 bridgehead atoms. The zero-order valence-electron chi connectivity index (χ0n) is 9.77. The van der Waals surface area contributed by atoms with E-state index in [9.17, 15) is 0 Å². The number of nitrogens with zero attached hydrogens (tertiary/aromatic N) is 1. The third kappa shape index (κ3) is 3.01. The van der Waals surface area contributed by atoms with E-state index in [1.807, 2.05) is 0 Å². The minimum Gasteiger partial charge on any atom is -0.349 e. The quantitative estimate of drug-likeness (QED) is 0.602. The van der Waals surface area contributed by atoms with Crippen molar-refractivity contribution in [1.29, 1.82) is 0 Å². The fourth-order valence-electron chi connectivity index (χ4n) is 2.64. The lowest BCUT2D eigenvalue weighted by atomic mass is 9.71. The predicted octanol–water partition coefficient (Wildman–Crippen LogP) is 2.07. The van der Waals surface area contributed by atoms with Crippen LogP contribution in [0.1, 0.15) is 46.5 Å². The van der Waals surface area contributed by atoms with Crippen molar-refractivity contribution >= 4 is 7.98 Å². The molecule has 2 heteroatoms. The van der Waals surface area contributed by atoms with Crippen LogP contribution in [0.25, 0.3) is 0 Å². The number of hydrogen-bond donors (Lipinski definition) is 0. The van der Waals surface area contributed by atoms with Crippen molar-refractivity contribution in [2.75, 3.05) is 13.1 Å². The summed E-state index contributed by atoms with van der Waals surface area (Å²) in [4.78, 5) is 2.46. The van der Waals surface area contributed by atoms with Gasteiger partial charge in [0.25, 0.3) is 0 Å². The molecule has 1 aliphatic heterocycles. The molecule has 1 nitrogen and oxygen atoms in total. The van der Waals surface area contributed by atoms with Crippen molar-refractivity contribution in [3.8, 4) is 0 Å². The summed E-state index contributed by atoms with van der Waals surface area (Å²) in [6.07, 6.45) is 5.54. The van der Waals surface area contributed by atoms with Gasteiger partial charge in [-0.2, -0.15) is 0 Å². The van der Waals surface area contributed by atoms with E-state index < -0.39 is 0 Å². The molecular weight excluding hydrogens is 157 g/mol. The van der Waals surface area contributed by atoms with Gasteiger partial charge in [0.05, 0.1) is 0 Å². The first kappa shape index (κ1) is 11.1. The minimum absolute atomic E-state index is 0.579. The topological polar surface area (TPSA) is 3.24 Å². The Labute approximate surface area is 84.3 Å². The second-order valence-corrected chi connectivity index (χ2v) is 5.32. The third-order valence-corrected chi connectivity index (χ3v) is 3.72. The van der Waals surface area contributed by atoms with Crippen LogP contribution in [-0.2, 0) is 0 Å². The number of rotatable bonds is 3. The zero-order chi connectivity index (χ0) is 9.90. The summed E-state index contributed by atoms with van der Waals surface area (Å²) < 4.78 is 0. The lowest BCUT2D eigenvalue weighted by Crippen LogP contribution is -2.37. The van der Waals surface area contributed by atoms with Crippen molar-refractivity contribution in [2.45, 2.75) is 46.5 Å². The van der Waals surface area contributed by atoms with Gasteiger partial charge in [-0.25, -0.2) is 0 Å². The molecule has 1 aliphatic rings. The first-order chi connectivity index (χ1) is 6.06. The standard InChI is InChI=1S/C11H24BN/c1-4-7-11(2,3)10-5-8-13(12)9-6-10/h10H,4-9,12H2,1-3H3. The Morgan fingerprint density at radius 1 is 1.31 bits per heavy atom. The van der Waals surface area contributed by atoms with E-state index in [4.69, 9.17) is 0 Å². The minimum atomic E-state index is 0.579. The van der Waals surface area contributed by atoms with Crippen LogP contribution in [0.15, 0.2) is 0 Å². The second-order valence-electron chi connectivity index (χ2n) is 5.32. The molecule has 13 heavy (non-hydrogen) atoms. The van der Waals surface area contributed by atoms with E-state index in [1.54, 1.807) is 0 Å². The van der Waals surface area contributed by atoms with Gasteiger partial charge in [0.15, 0.2) is 7.98 Å². The molecule has 0 aromatic carbocycles. The van der Waals surface area contributed by atoms with Gasteiger partial charge in [-0.15, -0.1) is 0 Å². The summed E-state index contributed by atoms with van der Waals surface area (Å²) in [6.45, 7) is 9.81. The Morgan fingerprint density at radius 2 is 1.85 bits per heavy atom. The fourth-order valence-corrected chi connectivity index (χ4v) is 2.64. The Kier molecular flexibility index (Phi) is 3.84. The van der Waals surface area contributed by atoms with Crippen molar-refractivity contribution in [1.82, 2.24) is 4.81 Å². The molecule has 0 N–H and O–H groups in total. The number of hydrogen-bond acceptors (Lipinski definition) is 1. The van der Waals surface area contributed by atoms with E-state index >= 15 is 0 Å². The molecule has 0 amide bonds. The van der Waals surface area contributed by atoms with Gasteiger partial charge >= 0.3 is 0 Å². The highest BCUT2D eigenvalue weighted by Gasteiger charge is 2.30. The molecule has 0 aromatic rings. The van der Waals surface area contributed by atoms with Crippen molar-refractivity contribution in [3.63, 3.8) is 0 Å². The lowest BCUT2D eigenvalue weighted by Gasteiger charge is -2.40. The van der Waals surface area contributed by atoms with Gasteiger partial charge in [0, 0.05) is 0 Å². The summed E-state index contributed by atoms with van der Waals surface area (Å²) in [5.74, 6) is 0.962. The molecule has 0 spiro atoms. The molecule has 0 saturated carbocycles. The van der Waals surface area contributed by atoms with Crippen LogP contribution in [0.2, 0.25) is 0 Å². The van der Waals surface area contributed by atoms with Gasteiger partial charge in [-0.05, 0) is 43.7 Å². The Hall–Kier alpha value is 0.0249. The van der Waals surface area contributed by atoms with E-state index in [2.05, 4.69) is 33.6 Å². The van der Waals surface area contributed by atoms with Crippen LogP contribution in [0.3, 0.4) is 0 Å². The van der Waals surface area contributed by atoms with Crippen LogP contribution in [0.5, 0.6) is 0 Å². The maximum atomic E-state index is 2.46. The lowest BCUT2D eigenvalue weighted by molar-refractivity contribution is 0.127. The Balaban J connectivity index is 2.42. The van der Waals surface area contributed by atoms with Gasteiger partial charge in [0.2, 0.25) is 0 Å². The molecule has 76 valence electrons. The fraction of sp³-hybridized carbons (Fsp3) is 1.00. The predicted molar refractivity (Wildman–Crippen MR) is 61.5 cm³/mol. The second kappa shape index (κ2) is 4.50. The van der Waals surface area contributed by atoms with Gasteiger partial charge in [0.1, 0.15) is 0 Å². The van der Waals surface area contributed by atoms with Crippen LogP contribution >= 0.6 is 0 Å². The molecule has 1 heterocycles. The monoisotopic (exact) mass is 181 g/mol. The normalized spacial score (nSPS) is 22.1. The van der Waals surface area contributed by atoms with Crippen LogP contribution in [0, 0.1) is 11.3 Å². The first-order valence-electron chi connectivity index (χ1n) is 5.75. The average molecular weight is 181 g/mol. The maximum Gasteiger partial charge on any atom is 0.185 e. The van der Waals surface area contributed by atoms with E-state index in [0.717, 1.165) is 5.92 Å². The molecule has 1 saturated heterocycles. The van der Waals surface area contributed by atoms with Crippen LogP contribution < -0.4 is 0 Å². The maximum absolute atomic E-state index is 2.46. The van der Waals surface area contributed by atoms with Gasteiger partial charge < -0.3 is 4.81 Å². The summed E-state index contributed by atoms with van der Waals surface area (Å²) in [6, 6.07) is 0. The van der Waals surface area contributed by atoms with Crippen LogP contribution in [0.4, 0.5) is 0 Å². The molecule has 1 rings (SSSR count). The smallest absolute Gasteiger partial charge is 0.185 e. The molecule has 0 unspecified atom stereocenters. The Morgan fingerprint density at radius 3 is 2.31 bits per heavy atom. The third-order valence-electron chi connectivity index (χ3n) is 3.72. The largest absolute Gasteiger partial charge is 0.349 e. The molecule has 0 atom stereocenters. The molecule has 0 aromatic heterocycles. The average Bonchev–Trinajstić information content (AvgIpc) is 2.05. The summed E-state index contributed by atoms with van der Waals surface area (Å²) in [7, 11) is 2.24. The number of piperidine rings is 1. The van der Waals surface area contributed by atoms with E-state index in [0.29, 0.717) is 5.41 Å². The van der Waals surface area contributed by atoms with Crippen molar-refractivity contribution in [3.05, 3.63) is 0 Å². The zero-order valence-corrected chi connectivity index (χ0v) is 9.77. The van der Waals surface area contributed by atoms with E-state index in [-0.39, 0.29) is 0 Å². The summed E-state index contributed by atoms with van der Waals surface area (Å²) >= 11 is 0. The molecule has 0 aliphatic carbocycles. The highest BCUT2D eigenvalue weighted by Crippen LogP contribution is 2.38. The molecule has 1 fully saturated rings.